The lowest BCUT2D eigenvalue weighted by atomic mass is 10.1. The van der Waals surface area contributed by atoms with Gasteiger partial charge in [0.25, 0.3) is 0 Å². The molecule has 1 aliphatic rings. The molecule has 0 spiro atoms. The van der Waals surface area contributed by atoms with Crippen LogP contribution in [0, 0.1) is 12.8 Å². The van der Waals surface area contributed by atoms with Gasteiger partial charge in [-0.3, -0.25) is 0 Å². The van der Waals surface area contributed by atoms with E-state index in [9.17, 15) is 4.79 Å². The van der Waals surface area contributed by atoms with Gasteiger partial charge in [0.05, 0.1) is 0 Å². The molecule has 0 radical (unpaired) electrons. The Kier molecular flexibility index (Phi) is 5.93. The van der Waals surface area contributed by atoms with Gasteiger partial charge in [-0.15, -0.1) is 0 Å². The van der Waals surface area contributed by atoms with Gasteiger partial charge >= 0.3 is 6.09 Å². The van der Waals surface area contributed by atoms with E-state index < -0.39 is 5.60 Å². The molecule has 2 rings (SSSR count). The Hall–Kier alpha value is -1.26. The van der Waals surface area contributed by atoms with E-state index in [1.807, 2.05) is 32.9 Å². The molecule has 4 nitrogen and oxygen atoms in total. The van der Waals surface area contributed by atoms with Crippen LogP contribution in [-0.4, -0.2) is 24.3 Å². The van der Waals surface area contributed by atoms with E-state index in [1.54, 1.807) is 0 Å². The second-order valence-corrected chi connectivity index (χ2v) is 7.71. The van der Waals surface area contributed by atoms with E-state index >= 15 is 0 Å². The zero-order valence-electron chi connectivity index (χ0n) is 14.4. The van der Waals surface area contributed by atoms with Gasteiger partial charge in [-0.05, 0) is 69.7 Å². The van der Waals surface area contributed by atoms with Gasteiger partial charge in [0.1, 0.15) is 5.60 Å². The predicted molar refractivity (Wildman–Crippen MR) is 93.8 cm³/mol. The molecule has 1 fully saturated rings. The maximum atomic E-state index is 11.8. The van der Waals surface area contributed by atoms with Crippen LogP contribution in [0.15, 0.2) is 18.2 Å². The van der Waals surface area contributed by atoms with Crippen LogP contribution in [0.25, 0.3) is 0 Å². The number of aryl methyl sites for hydroxylation is 1. The standard InChI is InChI=1S/C18H27ClN2O2/c1-12-9-15(19)8-7-14(12)10-20-16(13-5-6-13)11-21-17(22)23-18(2,3)4/h7-9,13,16,20H,5-6,10-11H2,1-4H3,(H,21,22). The number of rotatable bonds is 6. The average Bonchev–Trinajstić information content (AvgIpc) is 3.23. The van der Waals surface area contributed by atoms with E-state index in [0.29, 0.717) is 12.5 Å². The van der Waals surface area contributed by atoms with Crippen LogP contribution < -0.4 is 10.6 Å². The molecular weight excluding hydrogens is 312 g/mol. The summed E-state index contributed by atoms with van der Waals surface area (Å²) in [5.41, 5.74) is 1.95. The number of amides is 1. The van der Waals surface area contributed by atoms with E-state index in [2.05, 4.69) is 23.6 Å². The third-order valence-electron chi connectivity index (χ3n) is 3.92. The molecule has 0 saturated heterocycles. The minimum atomic E-state index is -0.465. The van der Waals surface area contributed by atoms with E-state index in [0.717, 1.165) is 11.6 Å². The number of hydrogen-bond acceptors (Lipinski definition) is 3. The summed E-state index contributed by atoms with van der Waals surface area (Å²) < 4.78 is 5.29. The van der Waals surface area contributed by atoms with Crippen LogP contribution in [0.4, 0.5) is 4.79 Å². The van der Waals surface area contributed by atoms with E-state index in [4.69, 9.17) is 16.3 Å². The van der Waals surface area contributed by atoms with Crippen LogP contribution in [0.1, 0.15) is 44.7 Å². The first kappa shape index (κ1) is 18.1. The van der Waals surface area contributed by atoms with Gasteiger partial charge < -0.3 is 15.4 Å². The Morgan fingerprint density at radius 1 is 1.39 bits per heavy atom. The lowest BCUT2D eigenvalue weighted by Gasteiger charge is -2.23. The molecule has 1 atom stereocenters. The summed E-state index contributed by atoms with van der Waals surface area (Å²) in [4.78, 5) is 11.8. The molecular formula is C18H27ClN2O2. The van der Waals surface area contributed by atoms with Gasteiger partial charge in [0.15, 0.2) is 0 Å². The van der Waals surface area contributed by atoms with Crippen LogP contribution in [0.5, 0.6) is 0 Å². The Bertz CT molecular complexity index is 550. The van der Waals surface area contributed by atoms with Crippen molar-refractivity contribution in [3.63, 3.8) is 0 Å². The third kappa shape index (κ3) is 6.40. The quantitative estimate of drug-likeness (QED) is 0.823. The minimum Gasteiger partial charge on any atom is -0.444 e. The van der Waals surface area contributed by atoms with E-state index in [1.165, 1.54) is 24.0 Å². The Balaban J connectivity index is 1.83. The zero-order chi connectivity index (χ0) is 17.0. The lowest BCUT2D eigenvalue weighted by molar-refractivity contribution is 0.0521. The summed E-state index contributed by atoms with van der Waals surface area (Å²) in [5.74, 6) is 0.637. The maximum absolute atomic E-state index is 11.8. The number of benzene rings is 1. The predicted octanol–water partition coefficient (Wildman–Crippen LogP) is 4.04. The average molecular weight is 339 g/mol. The zero-order valence-corrected chi connectivity index (χ0v) is 15.2. The van der Waals surface area contributed by atoms with Gasteiger partial charge in [0.2, 0.25) is 0 Å². The Morgan fingerprint density at radius 3 is 2.65 bits per heavy atom. The summed E-state index contributed by atoms with van der Waals surface area (Å²) in [7, 11) is 0. The number of nitrogens with one attached hydrogen (secondary N) is 2. The molecule has 1 aromatic carbocycles. The molecule has 5 heteroatoms. The fourth-order valence-corrected chi connectivity index (χ4v) is 2.74. The van der Waals surface area contributed by atoms with Crippen LogP contribution in [-0.2, 0) is 11.3 Å². The fourth-order valence-electron chi connectivity index (χ4n) is 2.51. The monoisotopic (exact) mass is 338 g/mol. The summed E-state index contributed by atoms with van der Waals surface area (Å²) in [5, 5.41) is 7.20. The molecule has 23 heavy (non-hydrogen) atoms. The van der Waals surface area contributed by atoms with E-state index in [-0.39, 0.29) is 12.1 Å². The second kappa shape index (κ2) is 7.54. The smallest absolute Gasteiger partial charge is 0.407 e. The molecule has 0 aliphatic heterocycles. The third-order valence-corrected chi connectivity index (χ3v) is 4.15. The van der Waals surface area contributed by atoms with Gasteiger partial charge in [-0.1, -0.05) is 17.7 Å². The number of hydrogen-bond donors (Lipinski definition) is 2. The fraction of sp³-hybridized carbons (Fsp3) is 0.611. The SMILES string of the molecule is Cc1cc(Cl)ccc1CNC(CNC(=O)OC(C)(C)C)C1CC1. The Morgan fingerprint density at radius 2 is 2.09 bits per heavy atom. The second-order valence-electron chi connectivity index (χ2n) is 7.28. The van der Waals surface area contributed by atoms with Crippen molar-refractivity contribution in [2.75, 3.05) is 6.54 Å². The Labute approximate surface area is 143 Å². The summed E-state index contributed by atoms with van der Waals surface area (Å²) >= 11 is 6.00. The molecule has 1 saturated carbocycles. The number of carbonyl (C=O) groups is 1. The molecule has 2 N–H and O–H groups in total. The summed E-state index contributed by atoms with van der Waals surface area (Å²) in [6.45, 7) is 9.03. The van der Waals surface area contributed by atoms with Crippen LogP contribution in [0.2, 0.25) is 5.02 Å². The van der Waals surface area contributed by atoms with Crippen molar-refractivity contribution in [1.29, 1.82) is 0 Å². The summed E-state index contributed by atoms with van der Waals surface area (Å²) in [6, 6.07) is 6.22. The number of carbonyl (C=O) groups excluding carboxylic acids is 1. The number of ether oxygens (including phenoxy) is 1. The van der Waals surface area contributed by atoms with Gasteiger partial charge in [0, 0.05) is 24.2 Å². The van der Waals surface area contributed by atoms with Gasteiger partial charge in [-0.2, -0.15) is 0 Å². The van der Waals surface area contributed by atoms with Crippen molar-refractivity contribution in [2.45, 2.75) is 58.7 Å². The summed E-state index contributed by atoms with van der Waals surface area (Å²) in [6.07, 6.45) is 2.08. The normalized spacial score (nSPS) is 16.0. The van der Waals surface area contributed by atoms with Crippen molar-refractivity contribution < 1.29 is 9.53 Å². The molecule has 1 aliphatic carbocycles. The van der Waals surface area contributed by atoms with Crippen molar-refractivity contribution in [1.82, 2.24) is 10.6 Å². The maximum Gasteiger partial charge on any atom is 0.407 e. The lowest BCUT2D eigenvalue weighted by Crippen LogP contribution is -2.43. The highest BCUT2D eigenvalue weighted by atomic mass is 35.5. The number of alkyl carbamates (subject to hydrolysis) is 1. The van der Waals surface area contributed by atoms with Crippen LogP contribution in [0.3, 0.4) is 0 Å². The van der Waals surface area contributed by atoms with Crippen LogP contribution >= 0.6 is 11.6 Å². The van der Waals surface area contributed by atoms with Crippen molar-refractivity contribution in [2.24, 2.45) is 5.92 Å². The first-order valence-electron chi connectivity index (χ1n) is 8.20. The highest BCUT2D eigenvalue weighted by molar-refractivity contribution is 6.30. The van der Waals surface area contributed by atoms with Crippen molar-refractivity contribution in [3.05, 3.63) is 34.3 Å². The molecule has 0 heterocycles. The highest BCUT2D eigenvalue weighted by Gasteiger charge is 2.31. The molecule has 1 aromatic rings. The molecule has 0 bridgehead atoms. The molecule has 128 valence electrons. The molecule has 1 amide bonds. The molecule has 1 unspecified atom stereocenters. The first-order valence-corrected chi connectivity index (χ1v) is 8.57. The van der Waals surface area contributed by atoms with Gasteiger partial charge in [-0.25, -0.2) is 4.79 Å². The topological polar surface area (TPSA) is 50.4 Å². The number of halogens is 1. The minimum absolute atomic E-state index is 0.276. The largest absolute Gasteiger partial charge is 0.444 e. The highest BCUT2D eigenvalue weighted by Crippen LogP contribution is 2.32. The van der Waals surface area contributed by atoms with Crippen molar-refractivity contribution >= 4 is 17.7 Å². The molecule has 0 aromatic heterocycles. The first-order chi connectivity index (χ1) is 10.7. The van der Waals surface area contributed by atoms with Crippen molar-refractivity contribution in [3.8, 4) is 0 Å².